The molecule has 0 bridgehead atoms. The van der Waals surface area contributed by atoms with Gasteiger partial charge in [0.1, 0.15) is 22.4 Å². The number of hydrogen-bond donors (Lipinski definition) is 4. The highest BCUT2D eigenvalue weighted by molar-refractivity contribution is 7.21. The van der Waals surface area contributed by atoms with Crippen molar-refractivity contribution in [2.45, 2.75) is 51.4 Å². The molecule has 4 atom stereocenters. The molecule has 10 heteroatoms. The zero-order chi connectivity index (χ0) is 23.1. The molecule has 0 aromatic carbocycles. The minimum atomic E-state index is -0.764. The molecule has 3 aromatic heterocycles. The molecule has 176 valence electrons. The standard InChI is InChI=1S/C23H30N6O3S/c1-11-17(22-28-18-12(2)24-7-6-16(18)33-22)21(29-23(26-11)25-9-13-4-5-13)27-15-8-14(10-30)20(32-3)19(15)31/h6-7,13-15,19-20,30-31H,4-5,8-10H2,1-3H3,(H2,25,26,27,29)/t14-,15-,19+,20-/m1/s1. The summed E-state index contributed by atoms with van der Waals surface area (Å²) in [5.74, 6) is 1.74. The van der Waals surface area contributed by atoms with Crippen molar-refractivity contribution in [1.82, 2.24) is 19.9 Å². The van der Waals surface area contributed by atoms with E-state index in [1.807, 2.05) is 19.9 Å². The van der Waals surface area contributed by atoms with Gasteiger partial charge in [0, 0.05) is 32.4 Å². The van der Waals surface area contributed by atoms with Crippen molar-refractivity contribution in [2.24, 2.45) is 11.8 Å². The van der Waals surface area contributed by atoms with E-state index in [9.17, 15) is 10.2 Å². The summed E-state index contributed by atoms with van der Waals surface area (Å²) in [4.78, 5) is 18.8. The summed E-state index contributed by atoms with van der Waals surface area (Å²) in [7, 11) is 1.57. The topological polar surface area (TPSA) is 125 Å². The molecule has 0 saturated heterocycles. The van der Waals surface area contributed by atoms with E-state index in [-0.39, 0.29) is 18.6 Å². The van der Waals surface area contributed by atoms with Crippen molar-refractivity contribution in [3.63, 3.8) is 0 Å². The van der Waals surface area contributed by atoms with Crippen molar-refractivity contribution < 1.29 is 14.9 Å². The number of hydrogen-bond acceptors (Lipinski definition) is 10. The number of aryl methyl sites for hydroxylation is 2. The van der Waals surface area contributed by atoms with Crippen molar-refractivity contribution >= 4 is 33.3 Å². The Kier molecular flexibility index (Phi) is 6.17. The van der Waals surface area contributed by atoms with Crippen LogP contribution in [0.2, 0.25) is 0 Å². The van der Waals surface area contributed by atoms with Crippen LogP contribution in [0.4, 0.5) is 11.8 Å². The Hall–Kier alpha value is -2.40. The van der Waals surface area contributed by atoms with Crippen molar-refractivity contribution in [3.8, 4) is 10.6 Å². The van der Waals surface area contributed by atoms with Gasteiger partial charge >= 0.3 is 0 Å². The first-order valence-corrected chi connectivity index (χ1v) is 12.2. The van der Waals surface area contributed by atoms with Gasteiger partial charge in [0.25, 0.3) is 0 Å². The number of fused-ring (bicyclic) bond motifs is 1. The van der Waals surface area contributed by atoms with Crippen LogP contribution in [0, 0.1) is 25.7 Å². The molecule has 5 rings (SSSR count). The molecule has 0 unspecified atom stereocenters. The zero-order valence-electron chi connectivity index (χ0n) is 19.1. The van der Waals surface area contributed by atoms with E-state index in [1.54, 1.807) is 24.6 Å². The number of anilines is 2. The van der Waals surface area contributed by atoms with Gasteiger partial charge in [0.05, 0.1) is 33.8 Å². The third-order valence-corrected chi connectivity index (χ3v) is 7.68. The molecule has 2 saturated carbocycles. The number of nitrogens with one attached hydrogen (secondary N) is 2. The average Bonchev–Trinajstić information content (AvgIpc) is 3.45. The van der Waals surface area contributed by atoms with E-state index in [4.69, 9.17) is 19.7 Å². The van der Waals surface area contributed by atoms with Crippen molar-refractivity contribution in [2.75, 3.05) is 30.9 Å². The van der Waals surface area contributed by atoms with E-state index in [2.05, 4.69) is 15.6 Å². The Morgan fingerprint density at radius 1 is 1.18 bits per heavy atom. The lowest BCUT2D eigenvalue weighted by molar-refractivity contribution is -0.0259. The maximum atomic E-state index is 10.9. The van der Waals surface area contributed by atoms with Crippen LogP contribution in [-0.4, -0.2) is 68.7 Å². The number of thiazole rings is 1. The summed E-state index contributed by atoms with van der Waals surface area (Å²) in [5.41, 5.74) is 3.39. The SMILES string of the molecule is CO[C@@H]1[C@@H](CO)C[C@@H](Nc2nc(NCC3CC3)nc(C)c2-c2nc3c(C)nccc3s2)[C@@H]1O. The number of aliphatic hydroxyl groups is 2. The molecule has 3 aromatic rings. The van der Waals surface area contributed by atoms with Gasteiger partial charge < -0.3 is 25.6 Å². The maximum Gasteiger partial charge on any atom is 0.224 e. The van der Waals surface area contributed by atoms with Gasteiger partial charge in [0.2, 0.25) is 5.95 Å². The van der Waals surface area contributed by atoms with Gasteiger partial charge in [0.15, 0.2) is 0 Å². The highest BCUT2D eigenvalue weighted by Gasteiger charge is 2.43. The number of aliphatic hydroxyl groups excluding tert-OH is 2. The van der Waals surface area contributed by atoms with Gasteiger partial charge in [-0.25, -0.2) is 9.97 Å². The zero-order valence-corrected chi connectivity index (χ0v) is 19.9. The number of nitrogens with zero attached hydrogens (tertiary/aromatic N) is 4. The van der Waals surface area contributed by atoms with Crippen LogP contribution in [0.3, 0.4) is 0 Å². The van der Waals surface area contributed by atoms with Crippen LogP contribution in [0.15, 0.2) is 12.3 Å². The number of ether oxygens (including phenoxy) is 1. The molecule has 2 aliphatic carbocycles. The first-order valence-electron chi connectivity index (χ1n) is 11.4. The fraction of sp³-hybridized carbons (Fsp3) is 0.565. The van der Waals surface area contributed by atoms with E-state index in [1.165, 1.54) is 12.8 Å². The normalized spacial score (nSPS) is 25.0. The summed E-state index contributed by atoms with van der Waals surface area (Å²) in [5, 5.41) is 28.2. The average molecular weight is 471 g/mol. The predicted molar refractivity (Wildman–Crippen MR) is 129 cm³/mol. The number of aromatic nitrogens is 4. The molecule has 2 aliphatic rings. The number of methoxy groups -OCH3 is 1. The third-order valence-electron chi connectivity index (χ3n) is 6.64. The molecule has 3 heterocycles. The van der Waals surface area contributed by atoms with E-state index >= 15 is 0 Å². The van der Waals surface area contributed by atoms with E-state index in [0.717, 1.165) is 38.7 Å². The second kappa shape index (κ2) is 9.09. The first-order chi connectivity index (χ1) is 16.0. The Balaban J connectivity index is 1.53. The minimum Gasteiger partial charge on any atom is -0.396 e. The summed E-state index contributed by atoms with van der Waals surface area (Å²) in [6.07, 6.45) is 3.66. The monoisotopic (exact) mass is 470 g/mol. The molecule has 0 spiro atoms. The lowest BCUT2D eigenvalue weighted by Crippen LogP contribution is -2.37. The van der Waals surface area contributed by atoms with Gasteiger partial charge in [-0.05, 0) is 45.1 Å². The van der Waals surface area contributed by atoms with E-state index < -0.39 is 12.2 Å². The summed E-state index contributed by atoms with van der Waals surface area (Å²) in [6, 6.07) is 1.66. The van der Waals surface area contributed by atoms with Gasteiger partial charge in [-0.1, -0.05) is 0 Å². The molecule has 2 fully saturated rings. The quantitative estimate of drug-likeness (QED) is 0.393. The van der Waals surface area contributed by atoms with E-state index in [0.29, 0.717) is 24.1 Å². The molecular formula is C23H30N6O3S. The van der Waals surface area contributed by atoms with Crippen LogP contribution >= 0.6 is 11.3 Å². The molecule has 0 radical (unpaired) electrons. The smallest absolute Gasteiger partial charge is 0.224 e. The minimum absolute atomic E-state index is 0.0399. The lowest BCUT2D eigenvalue weighted by Gasteiger charge is -2.22. The Labute approximate surface area is 196 Å². The predicted octanol–water partition coefficient (Wildman–Crippen LogP) is 2.76. The first kappa shape index (κ1) is 22.4. The van der Waals surface area contributed by atoms with Crippen LogP contribution in [0.1, 0.15) is 30.7 Å². The summed E-state index contributed by atoms with van der Waals surface area (Å²) in [6.45, 7) is 4.73. The molecule has 0 aliphatic heterocycles. The number of rotatable bonds is 8. The molecule has 33 heavy (non-hydrogen) atoms. The second-order valence-corrected chi connectivity index (χ2v) is 10.1. The third kappa shape index (κ3) is 4.40. The summed E-state index contributed by atoms with van der Waals surface area (Å²) >= 11 is 1.58. The van der Waals surface area contributed by atoms with Crippen LogP contribution in [0.5, 0.6) is 0 Å². The molecular weight excluding hydrogens is 440 g/mol. The number of pyridine rings is 1. The van der Waals surface area contributed by atoms with Crippen LogP contribution in [-0.2, 0) is 4.74 Å². The molecule has 0 amide bonds. The van der Waals surface area contributed by atoms with Gasteiger partial charge in [-0.2, -0.15) is 4.98 Å². The molecule has 9 nitrogen and oxygen atoms in total. The van der Waals surface area contributed by atoms with Gasteiger partial charge in [-0.15, -0.1) is 11.3 Å². The highest BCUT2D eigenvalue weighted by atomic mass is 32.1. The maximum absolute atomic E-state index is 10.9. The van der Waals surface area contributed by atoms with Crippen LogP contribution < -0.4 is 10.6 Å². The Bertz CT molecular complexity index is 1150. The fourth-order valence-electron chi connectivity index (χ4n) is 4.60. The summed E-state index contributed by atoms with van der Waals surface area (Å²) < 4.78 is 6.52. The van der Waals surface area contributed by atoms with Crippen molar-refractivity contribution in [3.05, 3.63) is 23.7 Å². The second-order valence-electron chi connectivity index (χ2n) is 9.06. The highest BCUT2D eigenvalue weighted by Crippen LogP contribution is 2.39. The largest absolute Gasteiger partial charge is 0.396 e. The Morgan fingerprint density at radius 2 is 2.00 bits per heavy atom. The Morgan fingerprint density at radius 3 is 2.67 bits per heavy atom. The van der Waals surface area contributed by atoms with Crippen LogP contribution in [0.25, 0.3) is 20.8 Å². The van der Waals surface area contributed by atoms with Crippen molar-refractivity contribution in [1.29, 1.82) is 0 Å². The molecule has 4 N–H and O–H groups in total. The van der Waals surface area contributed by atoms with Gasteiger partial charge in [-0.3, -0.25) is 4.98 Å². The lowest BCUT2D eigenvalue weighted by atomic mass is 10.1. The fourth-order valence-corrected chi connectivity index (χ4v) is 5.71.